The molecule has 1 fully saturated rings. The van der Waals surface area contributed by atoms with Crippen LogP contribution < -0.4 is 4.90 Å². The number of halogens is 1. The molecule has 1 aliphatic heterocycles. The van der Waals surface area contributed by atoms with Crippen molar-refractivity contribution in [3.8, 4) is 0 Å². The maximum atomic E-state index is 12.5. The number of hydrogen-bond acceptors (Lipinski definition) is 3. The molecule has 0 aliphatic carbocycles. The van der Waals surface area contributed by atoms with Gasteiger partial charge in [-0.1, -0.05) is 22.0 Å². The molecule has 1 aromatic carbocycles. The van der Waals surface area contributed by atoms with Crippen molar-refractivity contribution in [2.45, 2.75) is 20.8 Å². The van der Waals surface area contributed by atoms with Crippen molar-refractivity contribution < 1.29 is 14.4 Å². The molecular formula is C17H22BrN3O3. The van der Waals surface area contributed by atoms with Gasteiger partial charge in [0.05, 0.1) is 0 Å². The van der Waals surface area contributed by atoms with Gasteiger partial charge in [-0.3, -0.25) is 14.4 Å². The molecule has 0 unspecified atom stereocenters. The Morgan fingerprint density at radius 2 is 1.67 bits per heavy atom. The van der Waals surface area contributed by atoms with E-state index in [0.29, 0.717) is 31.9 Å². The lowest BCUT2D eigenvalue weighted by molar-refractivity contribution is -0.137. The minimum atomic E-state index is -0.179. The molecule has 0 N–H and O–H groups in total. The fourth-order valence-electron chi connectivity index (χ4n) is 2.64. The first-order valence-electron chi connectivity index (χ1n) is 7.87. The van der Waals surface area contributed by atoms with Gasteiger partial charge >= 0.3 is 0 Å². The Kier molecular flexibility index (Phi) is 5.99. The molecule has 0 saturated carbocycles. The van der Waals surface area contributed by atoms with Crippen LogP contribution in [-0.4, -0.2) is 60.2 Å². The normalized spacial score (nSPS) is 14.5. The number of piperazine rings is 1. The van der Waals surface area contributed by atoms with Gasteiger partial charge in [0.15, 0.2) is 0 Å². The average Bonchev–Trinajstić information content (AvgIpc) is 2.55. The van der Waals surface area contributed by atoms with E-state index in [9.17, 15) is 14.4 Å². The number of aryl methyl sites for hydroxylation is 1. The van der Waals surface area contributed by atoms with E-state index in [1.807, 2.05) is 25.1 Å². The van der Waals surface area contributed by atoms with Crippen molar-refractivity contribution in [1.29, 1.82) is 0 Å². The lowest BCUT2D eigenvalue weighted by Crippen LogP contribution is -2.52. The summed E-state index contributed by atoms with van der Waals surface area (Å²) in [6, 6.07) is 5.59. The topological polar surface area (TPSA) is 60.9 Å². The molecule has 1 aromatic rings. The van der Waals surface area contributed by atoms with Crippen LogP contribution in [0.5, 0.6) is 0 Å². The number of carbonyl (C=O) groups is 3. The standard InChI is InChI=1S/C17H22BrN3O3/c1-12-4-5-15(10-16(12)18)21(14(3)23)11-17(24)20-8-6-19(7-9-20)13(2)22/h4-5,10H,6-9,11H2,1-3H3. The molecule has 7 heteroatoms. The quantitative estimate of drug-likeness (QED) is 0.783. The van der Waals surface area contributed by atoms with E-state index in [4.69, 9.17) is 0 Å². The lowest BCUT2D eigenvalue weighted by atomic mass is 10.2. The summed E-state index contributed by atoms with van der Waals surface area (Å²) in [5.41, 5.74) is 1.75. The number of benzene rings is 1. The van der Waals surface area contributed by atoms with E-state index < -0.39 is 0 Å². The Hall–Kier alpha value is -1.89. The first-order chi connectivity index (χ1) is 11.3. The van der Waals surface area contributed by atoms with E-state index in [1.165, 1.54) is 18.7 Å². The highest BCUT2D eigenvalue weighted by atomic mass is 79.9. The number of rotatable bonds is 3. The second-order valence-corrected chi connectivity index (χ2v) is 6.78. The van der Waals surface area contributed by atoms with Crippen LogP contribution in [0.25, 0.3) is 0 Å². The fraction of sp³-hybridized carbons (Fsp3) is 0.471. The van der Waals surface area contributed by atoms with E-state index in [0.717, 1.165) is 10.0 Å². The van der Waals surface area contributed by atoms with Gasteiger partial charge in [0.2, 0.25) is 17.7 Å². The predicted octanol–water partition coefficient (Wildman–Crippen LogP) is 1.80. The lowest BCUT2D eigenvalue weighted by Gasteiger charge is -2.35. The van der Waals surface area contributed by atoms with Gasteiger partial charge in [0.1, 0.15) is 6.54 Å². The van der Waals surface area contributed by atoms with Crippen molar-refractivity contribution in [1.82, 2.24) is 9.80 Å². The van der Waals surface area contributed by atoms with Gasteiger partial charge in [-0.2, -0.15) is 0 Å². The molecule has 1 saturated heterocycles. The van der Waals surface area contributed by atoms with Crippen LogP contribution in [0.2, 0.25) is 0 Å². The second-order valence-electron chi connectivity index (χ2n) is 5.93. The third-order valence-electron chi connectivity index (χ3n) is 4.22. The molecule has 0 atom stereocenters. The van der Waals surface area contributed by atoms with Crippen LogP contribution in [0, 0.1) is 6.92 Å². The summed E-state index contributed by atoms with van der Waals surface area (Å²) in [5.74, 6) is -0.261. The van der Waals surface area contributed by atoms with E-state index in [2.05, 4.69) is 15.9 Å². The molecule has 3 amide bonds. The molecule has 0 spiro atoms. The molecule has 0 aromatic heterocycles. The molecule has 6 nitrogen and oxygen atoms in total. The van der Waals surface area contributed by atoms with Crippen LogP contribution in [-0.2, 0) is 14.4 Å². The smallest absolute Gasteiger partial charge is 0.242 e. The summed E-state index contributed by atoms with van der Waals surface area (Å²) in [6.45, 7) is 7.04. The van der Waals surface area contributed by atoms with Crippen LogP contribution in [0.1, 0.15) is 19.4 Å². The van der Waals surface area contributed by atoms with E-state index in [1.54, 1.807) is 9.80 Å². The van der Waals surface area contributed by atoms with Gasteiger partial charge in [0, 0.05) is 50.2 Å². The summed E-state index contributed by atoms with van der Waals surface area (Å²) in [7, 11) is 0. The molecule has 1 aliphatic rings. The van der Waals surface area contributed by atoms with Crippen molar-refractivity contribution in [3.05, 3.63) is 28.2 Å². The van der Waals surface area contributed by atoms with Crippen LogP contribution in [0.15, 0.2) is 22.7 Å². The maximum absolute atomic E-state index is 12.5. The van der Waals surface area contributed by atoms with Crippen molar-refractivity contribution in [2.24, 2.45) is 0 Å². The van der Waals surface area contributed by atoms with Crippen LogP contribution in [0.4, 0.5) is 5.69 Å². The average molecular weight is 396 g/mol. The summed E-state index contributed by atoms with van der Waals surface area (Å²) in [6.07, 6.45) is 0. The van der Waals surface area contributed by atoms with Gasteiger partial charge in [-0.15, -0.1) is 0 Å². The first-order valence-corrected chi connectivity index (χ1v) is 8.66. The Balaban J connectivity index is 2.05. The zero-order valence-electron chi connectivity index (χ0n) is 14.2. The fourth-order valence-corrected chi connectivity index (χ4v) is 3.01. The van der Waals surface area contributed by atoms with Gasteiger partial charge < -0.3 is 14.7 Å². The van der Waals surface area contributed by atoms with E-state index in [-0.39, 0.29) is 24.3 Å². The summed E-state index contributed by atoms with van der Waals surface area (Å²) in [5, 5.41) is 0. The Morgan fingerprint density at radius 3 is 2.17 bits per heavy atom. The number of nitrogens with zero attached hydrogens (tertiary/aromatic N) is 3. The van der Waals surface area contributed by atoms with Crippen LogP contribution in [0.3, 0.4) is 0 Å². The third-order valence-corrected chi connectivity index (χ3v) is 5.07. The minimum absolute atomic E-state index is 0.00487. The highest BCUT2D eigenvalue weighted by molar-refractivity contribution is 9.10. The largest absolute Gasteiger partial charge is 0.339 e. The summed E-state index contributed by atoms with van der Waals surface area (Å²) >= 11 is 3.46. The number of carbonyl (C=O) groups excluding carboxylic acids is 3. The van der Waals surface area contributed by atoms with Gasteiger partial charge in [-0.05, 0) is 24.6 Å². The van der Waals surface area contributed by atoms with Gasteiger partial charge in [-0.25, -0.2) is 0 Å². The number of amides is 3. The predicted molar refractivity (Wildman–Crippen MR) is 95.7 cm³/mol. The first kappa shape index (κ1) is 18.4. The zero-order chi connectivity index (χ0) is 17.9. The molecular weight excluding hydrogens is 374 g/mol. The molecule has 0 bridgehead atoms. The van der Waals surface area contributed by atoms with Crippen molar-refractivity contribution in [2.75, 3.05) is 37.6 Å². The minimum Gasteiger partial charge on any atom is -0.339 e. The Labute approximate surface area is 150 Å². The highest BCUT2D eigenvalue weighted by Gasteiger charge is 2.25. The summed E-state index contributed by atoms with van der Waals surface area (Å²) in [4.78, 5) is 40.8. The number of hydrogen-bond donors (Lipinski definition) is 0. The Bertz CT molecular complexity index is 654. The third kappa shape index (κ3) is 4.35. The maximum Gasteiger partial charge on any atom is 0.242 e. The molecule has 130 valence electrons. The SMILES string of the molecule is CC(=O)N1CCN(C(=O)CN(C(C)=O)c2ccc(C)c(Br)c2)CC1. The molecule has 1 heterocycles. The summed E-state index contributed by atoms with van der Waals surface area (Å²) < 4.78 is 0.897. The second kappa shape index (κ2) is 7.79. The van der Waals surface area contributed by atoms with Crippen molar-refractivity contribution in [3.63, 3.8) is 0 Å². The highest BCUT2D eigenvalue weighted by Crippen LogP contribution is 2.24. The molecule has 24 heavy (non-hydrogen) atoms. The Morgan fingerprint density at radius 1 is 1.08 bits per heavy atom. The monoisotopic (exact) mass is 395 g/mol. The van der Waals surface area contributed by atoms with E-state index >= 15 is 0 Å². The van der Waals surface area contributed by atoms with Crippen LogP contribution >= 0.6 is 15.9 Å². The van der Waals surface area contributed by atoms with Gasteiger partial charge in [0.25, 0.3) is 0 Å². The van der Waals surface area contributed by atoms with Crippen molar-refractivity contribution >= 4 is 39.3 Å². The zero-order valence-corrected chi connectivity index (χ0v) is 15.8. The number of anilines is 1. The molecule has 0 radical (unpaired) electrons. The molecule has 2 rings (SSSR count).